The van der Waals surface area contributed by atoms with Crippen LogP contribution in [-0.4, -0.2) is 38.6 Å². The van der Waals surface area contributed by atoms with E-state index in [0.29, 0.717) is 17.3 Å². The molecule has 0 aliphatic heterocycles. The molecule has 3 aromatic rings. The first kappa shape index (κ1) is 20.8. The lowest BCUT2D eigenvalue weighted by Crippen LogP contribution is -2.45. The summed E-state index contributed by atoms with van der Waals surface area (Å²) in [6, 6.07) is 14.9. The van der Waals surface area contributed by atoms with Crippen LogP contribution in [0.1, 0.15) is 17.0 Å². The fourth-order valence-electron chi connectivity index (χ4n) is 2.57. The number of hydrogen-bond donors (Lipinski definition) is 2. The van der Waals surface area contributed by atoms with E-state index in [0.717, 1.165) is 15.9 Å². The minimum Gasteiger partial charge on any atom is -0.485 e. The van der Waals surface area contributed by atoms with E-state index >= 15 is 0 Å². The molecule has 0 aliphatic rings. The molecule has 0 spiro atoms. The van der Waals surface area contributed by atoms with Gasteiger partial charge >= 0.3 is 0 Å². The van der Waals surface area contributed by atoms with E-state index in [-0.39, 0.29) is 19.8 Å². The number of para-hydroxylation sites is 2. The molecule has 2 amide bonds. The van der Waals surface area contributed by atoms with Crippen molar-refractivity contribution < 1.29 is 19.1 Å². The van der Waals surface area contributed by atoms with Crippen molar-refractivity contribution in [2.45, 2.75) is 27.0 Å². The first-order chi connectivity index (χ1) is 14.5. The number of amides is 2. The van der Waals surface area contributed by atoms with Crippen LogP contribution < -0.4 is 20.3 Å². The SMILES string of the molecule is Cc1cccc(C)c1OCC(=O)NNC(=O)Cn1nnc(COc2ccccc2)n1. The Balaban J connectivity index is 1.39. The molecule has 30 heavy (non-hydrogen) atoms. The monoisotopic (exact) mass is 410 g/mol. The van der Waals surface area contributed by atoms with Gasteiger partial charge in [-0.15, -0.1) is 10.2 Å². The Morgan fingerprint density at radius 3 is 2.37 bits per heavy atom. The van der Waals surface area contributed by atoms with Crippen molar-refractivity contribution >= 4 is 11.8 Å². The van der Waals surface area contributed by atoms with E-state index in [4.69, 9.17) is 9.47 Å². The van der Waals surface area contributed by atoms with Crippen molar-refractivity contribution in [2.75, 3.05) is 6.61 Å². The Morgan fingerprint density at radius 1 is 0.933 bits per heavy atom. The summed E-state index contributed by atoms with van der Waals surface area (Å²) < 4.78 is 11.0. The number of aryl methyl sites for hydroxylation is 2. The molecule has 0 aliphatic carbocycles. The third-order valence-electron chi connectivity index (χ3n) is 3.99. The zero-order valence-corrected chi connectivity index (χ0v) is 16.7. The summed E-state index contributed by atoms with van der Waals surface area (Å²) in [5.74, 6) is 0.656. The van der Waals surface area contributed by atoms with E-state index in [1.807, 2.05) is 62.4 Å². The summed E-state index contributed by atoms with van der Waals surface area (Å²) in [4.78, 5) is 25.0. The molecular formula is C20H22N6O4. The van der Waals surface area contributed by atoms with Gasteiger partial charge in [0.2, 0.25) is 5.82 Å². The van der Waals surface area contributed by atoms with Crippen LogP contribution in [0.3, 0.4) is 0 Å². The maximum Gasteiger partial charge on any atom is 0.276 e. The van der Waals surface area contributed by atoms with Gasteiger partial charge in [0, 0.05) is 0 Å². The van der Waals surface area contributed by atoms with Gasteiger partial charge in [0.1, 0.15) is 18.0 Å². The van der Waals surface area contributed by atoms with Crippen LogP contribution in [0.25, 0.3) is 0 Å². The van der Waals surface area contributed by atoms with Crippen LogP contribution in [-0.2, 0) is 22.7 Å². The Morgan fingerprint density at radius 2 is 1.63 bits per heavy atom. The molecule has 2 aromatic carbocycles. The van der Waals surface area contributed by atoms with E-state index in [1.165, 1.54) is 0 Å². The molecule has 2 N–H and O–H groups in total. The van der Waals surface area contributed by atoms with Crippen LogP contribution in [0.4, 0.5) is 0 Å². The summed E-state index contributed by atoms with van der Waals surface area (Å²) in [7, 11) is 0. The zero-order valence-electron chi connectivity index (χ0n) is 16.7. The highest BCUT2D eigenvalue weighted by molar-refractivity contribution is 5.82. The Labute approximate surface area is 173 Å². The van der Waals surface area contributed by atoms with E-state index in [1.54, 1.807) is 0 Å². The molecule has 0 radical (unpaired) electrons. The number of carbonyl (C=O) groups excluding carboxylic acids is 2. The lowest BCUT2D eigenvalue weighted by molar-refractivity contribution is -0.130. The molecule has 0 saturated carbocycles. The summed E-state index contributed by atoms with van der Waals surface area (Å²) in [5, 5.41) is 11.7. The maximum absolute atomic E-state index is 12.0. The standard InChI is InChI=1S/C20H22N6O4/c1-14-7-6-8-15(2)20(14)30-13-19(28)23-22-18(27)11-26-24-17(21-25-26)12-29-16-9-4-3-5-10-16/h3-10H,11-13H2,1-2H3,(H,22,27)(H,23,28). The largest absolute Gasteiger partial charge is 0.485 e. The minimum absolute atomic E-state index is 0.123. The fraction of sp³-hybridized carbons (Fsp3) is 0.250. The number of aromatic nitrogens is 4. The lowest BCUT2D eigenvalue weighted by Gasteiger charge is -2.12. The first-order valence-electron chi connectivity index (χ1n) is 9.22. The van der Waals surface area contributed by atoms with Gasteiger partial charge in [-0.2, -0.15) is 4.80 Å². The van der Waals surface area contributed by atoms with Crippen LogP contribution in [0.2, 0.25) is 0 Å². The zero-order chi connectivity index (χ0) is 21.3. The van der Waals surface area contributed by atoms with Crippen molar-refractivity contribution in [1.82, 2.24) is 31.1 Å². The summed E-state index contributed by atoms with van der Waals surface area (Å²) in [5.41, 5.74) is 6.43. The van der Waals surface area contributed by atoms with Gasteiger partial charge in [0.15, 0.2) is 13.2 Å². The second-order valence-electron chi connectivity index (χ2n) is 6.44. The molecule has 0 atom stereocenters. The Kier molecular flexibility index (Phi) is 6.93. The highest BCUT2D eigenvalue weighted by Gasteiger charge is 2.11. The highest BCUT2D eigenvalue weighted by Crippen LogP contribution is 2.21. The molecule has 3 rings (SSSR count). The molecule has 0 unspecified atom stereocenters. The molecule has 10 nitrogen and oxygen atoms in total. The van der Waals surface area contributed by atoms with Crippen molar-refractivity contribution in [3.8, 4) is 11.5 Å². The second kappa shape index (κ2) is 10.0. The number of rotatable bonds is 8. The second-order valence-corrected chi connectivity index (χ2v) is 6.44. The topological polar surface area (TPSA) is 120 Å². The average Bonchev–Trinajstić information content (AvgIpc) is 3.18. The number of benzene rings is 2. The first-order valence-corrected chi connectivity index (χ1v) is 9.22. The molecule has 10 heteroatoms. The van der Waals surface area contributed by atoms with Crippen LogP contribution in [0.5, 0.6) is 11.5 Å². The predicted octanol–water partition coefficient (Wildman–Crippen LogP) is 1.10. The normalized spacial score (nSPS) is 10.3. The number of tetrazole rings is 1. The van der Waals surface area contributed by atoms with Gasteiger partial charge in [-0.1, -0.05) is 36.4 Å². The molecule has 1 heterocycles. The van der Waals surface area contributed by atoms with E-state index in [9.17, 15) is 9.59 Å². The van der Waals surface area contributed by atoms with Crippen LogP contribution in [0, 0.1) is 13.8 Å². The smallest absolute Gasteiger partial charge is 0.276 e. The summed E-state index contributed by atoms with van der Waals surface area (Å²) in [6.45, 7) is 3.47. The minimum atomic E-state index is -0.511. The van der Waals surface area contributed by atoms with E-state index in [2.05, 4.69) is 26.3 Å². The number of nitrogens with zero attached hydrogens (tertiary/aromatic N) is 4. The highest BCUT2D eigenvalue weighted by atomic mass is 16.5. The number of nitrogens with one attached hydrogen (secondary N) is 2. The van der Waals surface area contributed by atoms with Crippen LogP contribution >= 0.6 is 0 Å². The van der Waals surface area contributed by atoms with Gasteiger partial charge < -0.3 is 9.47 Å². The average molecular weight is 410 g/mol. The van der Waals surface area contributed by atoms with Crippen molar-refractivity contribution in [3.63, 3.8) is 0 Å². The Bertz CT molecular complexity index is 985. The summed E-state index contributed by atoms with van der Waals surface area (Å²) >= 11 is 0. The molecule has 156 valence electrons. The number of hydrazine groups is 1. The number of carbonyl (C=O) groups is 2. The molecular weight excluding hydrogens is 388 g/mol. The molecule has 1 aromatic heterocycles. The molecule has 0 bridgehead atoms. The van der Waals surface area contributed by atoms with Crippen molar-refractivity contribution in [2.24, 2.45) is 0 Å². The van der Waals surface area contributed by atoms with Gasteiger partial charge in [-0.25, -0.2) is 0 Å². The van der Waals surface area contributed by atoms with Gasteiger partial charge in [-0.3, -0.25) is 20.4 Å². The predicted molar refractivity (Wildman–Crippen MR) is 106 cm³/mol. The van der Waals surface area contributed by atoms with Gasteiger partial charge in [0.05, 0.1) is 0 Å². The van der Waals surface area contributed by atoms with Crippen molar-refractivity contribution in [3.05, 3.63) is 65.5 Å². The maximum atomic E-state index is 12.0. The summed E-state index contributed by atoms with van der Waals surface area (Å²) in [6.07, 6.45) is 0. The van der Waals surface area contributed by atoms with Crippen molar-refractivity contribution in [1.29, 1.82) is 0 Å². The van der Waals surface area contributed by atoms with Gasteiger partial charge in [-0.05, 0) is 42.3 Å². The third-order valence-corrected chi connectivity index (χ3v) is 3.99. The number of ether oxygens (including phenoxy) is 2. The molecule has 0 saturated heterocycles. The molecule has 0 fully saturated rings. The fourth-order valence-corrected chi connectivity index (χ4v) is 2.57. The third kappa shape index (κ3) is 6.03. The Hall–Kier alpha value is -3.95. The lowest BCUT2D eigenvalue weighted by atomic mass is 10.1. The van der Waals surface area contributed by atoms with E-state index < -0.39 is 11.8 Å². The quantitative estimate of drug-likeness (QED) is 0.534. The van der Waals surface area contributed by atoms with Crippen LogP contribution in [0.15, 0.2) is 48.5 Å². The number of hydrogen-bond acceptors (Lipinski definition) is 7. The van der Waals surface area contributed by atoms with Gasteiger partial charge in [0.25, 0.3) is 11.8 Å².